The molecule has 1 fully saturated rings. The van der Waals surface area contributed by atoms with Crippen LogP contribution < -0.4 is 15.5 Å². The summed E-state index contributed by atoms with van der Waals surface area (Å²) in [4.78, 5) is 30.3. The van der Waals surface area contributed by atoms with Crippen LogP contribution in [-0.4, -0.2) is 30.0 Å². The molecule has 0 spiro atoms. The number of amides is 3. The second kappa shape index (κ2) is 7.63. The molecule has 0 aliphatic carbocycles. The van der Waals surface area contributed by atoms with Crippen molar-refractivity contribution in [1.29, 1.82) is 0 Å². The van der Waals surface area contributed by atoms with E-state index in [2.05, 4.69) is 15.6 Å². The molecule has 4 rings (SSSR count). The topological polar surface area (TPSA) is 87.5 Å². The molecular weight excluding hydrogens is 364 g/mol. The molecule has 3 aromatic rings. The average molecular weight is 382 g/mol. The van der Waals surface area contributed by atoms with Crippen molar-refractivity contribution in [3.8, 4) is 0 Å². The first-order valence-electron chi connectivity index (χ1n) is 8.58. The van der Waals surface area contributed by atoms with Crippen molar-refractivity contribution in [2.75, 3.05) is 18.0 Å². The number of urea groups is 1. The number of hydrogen-bond donors (Lipinski definition) is 2. The zero-order chi connectivity index (χ0) is 18.6. The number of anilines is 1. The van der Waals surface area contributed by atoms with Crippen molar-refractivity contribution in [2.24, 2.45) is 0 Å². The van der Waals surface area contributed by atoms with E-state index < -0.39 is 0 Å². The van der Waals surface area contributed by atoms with E-state index >= 15 is 0 Å². The van der Waals surface area contributed by atoms with Gasteiger partial charge in [0.1, 0.15) is 11.8 Å². The summed E-state index contributed by atoms with van der Waals surface area (Å²) in [6.07, 6.45) is 1.72. The molecule has 1 atom stereocenters. The van der Waals surface area contributed by atoms with Crippen LogP contribution in [0.2, 0.25) is 0 Å². The van der Waals surface area contributed by atoms with Crippen molar-refractivity contribution in [3.05, 3.63) is 71.1 Å². The third-order valence-electron chi connectivity index (χ3n) is 4.23. The van der Waals surface area contributed by atoms with Gasteiger partial charge < -0.3 is 15.1 Å². The minimum atomic E-state index is -0.365. The molecule has 1 aliphatic heterocycles. The van der Waals surface area contributed by atoms with Crippen LogP contribution in [0.5, 0.6) is 0 Å². The highest BCUT2D eigenvalue weighted by molar-refractivity contribution is 7.14. The standard InChI is InChI=1S/C19H18N4O3S/c24-16(11-14-12-27-19(21-14)23-9-8-20-18(23)25)22-17(15-7-4-10-26-15)13-5-2-1-3-6-13/h1-7,10,12,17H,8-9,11H2,(H,20,25)(H,22,24). The van der Waals surface area contributed by atoms with Gasteiger partial charge in [0.05, 0.1) is 18.4 Å². The first-order valence-corrected chi connectivity index (χ1v) is 9.46. The Bertz CT molecular complexity index is 924. The highest BCUT2D eigenvalue weighted by atomic mass is 32.1. The number of nitrogens with zero attached hydrogens (tertiary/aromatic N) is 2. The Hall–Kier alpha value is -3.13. The van der Waals surface area contributed by atoms with Gasteiger partial charge in [-0.15, -0.1) is 11.3 Å². The van der Waals surface area contributed by atoms with E-state index in [0.29, 0.717) is 29.7 Å². The third kappa shape index (κ3) is 3.85. The molecule has 2 aromatic heterocycles. The number of rotatable bonds is 6. The summed E-state index contributed by atoms with van der Waals surface area (Å²) in [5.41, 5.74) is 1.58. The Morgan fingerprint density at radius 2 is 2.15 bits per heavy atom. The van der Waals surface area contributed by atoms with E-state index in [0.717, 1.165) is 5.56 Å². The molecule has 1 saturated heterocycles. The maximum atomic E-state index is 12.6. The lowest BCUT2D eigenvalue weighted by atomic mass is 10.0. The lowest BCUT2D eigenvalue weighted by molar-refractivity contribution is -0.121. The first-order chi connectivity index (χ1) is 13.2. The van der Waals surface area contributed by atoms with E-state index in [1.807, 2.05) is 41.8 Å². The molecule has 0 radical (unpaired) electrons. The minimum absolute atomic E-state index is 0.135. The normalized spacial score (nSPS) is 14.8. The molecule has 138 valence electrons. The van der Waals surface area contributed by atoms with Crippen LogP contribution in [0.25, 0.3) is 0 Å². The highest BCUT2D eigenvalue weighted by Gasteiger charge is 2.25. The van der Waals surface area contributed by atoms with Crippen LogP contribution in [0.15, 0.2) is 58.5 Å². The summed E-state index contributed by atoms with van der Waals surface area (Å²) in [6, 6.07) is 12.8. The smallest absolute Gasteiger partial charge is 0.323 e. The maximum absolute atomic E-state index is 12.6. The first kappa shape index (κ1) is 17.3. The number of aromatic nitrogens is 1. The van der Waals surface area contributed by atoms with Gasteiger partial charge in [-0.2, -0.15) is 0 Å². The fourth-order valence-electron chi connectivity index (χ4n) is 2.95. The minimum Gasteiger partial charge on any atom is -0.467 e. The van der Waals surface area contributed by atoms with Gasteiger partial charge in [-0.3, -0.25) is 9.69 Å². The lowest BCUT2D eigenvalue weighted by Gasteiger charge is -2.17. The van der Waals surface area contributed by atoms with Crippen LogP contribution in [0.1, 0.15) is 23.1 Å². The second-order valence-electron chi connectivity index (χ2n) is 6.11. The number of hydrogen-bond acceptors (Lipinski definition) is 5. The van der Waals surface area contributed by atoms with E-state index in [1.165, 1.54) is 11.3 Å². The van der Waals surface area contributed by atoms with Gasteiger partial charge in [0.25, 0.3) is 0 Å². The quantitative estimate of drug-likeness (QED) is 0.686. The number of thiazole rings is 1. The number of furan rings is 1. The second-order valence-corrected chi connectivity index (χ2v) is 6.94. The number of benzene rings is 1. The number of carbonyl (C=O) groups is 2. The van der Waals surface area contributed by atoms with Crippen LogP contribution in [0.4, 0.5) is 9.93 Å². The SMILES string of the molecule is O=C(Cc1csc(N2CCNC2=O)n1)NC(c1ccccc1)c1ccco1. The zero-order valence-corrected chi connectivity index (χ0v) is 15.2. The molecule has 0 bridgehead atoms. The average Bonchev–Trinajstić information content (AvgIpc) is 3.42. The summed E-state index contributed by atoms with van der Waals surface area (Å²) in [7, 11) is 0. The van der Waals surface area contributed by atoms with Crippen LogP contribution in [0, 0.1) is 0 Å². The predicted octanol–water partition coefficient (Wildman–Crippen LogP) is 2.71. The molecular formula is C19H18N4O3S. The van der Waals surface area contributed by atoms with Crippen LogP contribution in [-0.2, 0) is 11.2 Å². The van der Waals surface area contributed by atoms with Crippen molar-refractivity contribution < 1.29 is 14.0 Å². The molecule has 2 N–H and O–H groups in total. The molecule has 3 heterocycles. The monoisotopic (exact) mass is 382 g/mol. The number of nitrogens with one attached hydrogen (secondary N) is 2. The van der Waals surface area contributed by atoms with Gasteiger partial charge in [0, 0.05) is 18.5 Å². The van der Waals surface area contributed by atoms with Gasteiger partial charge >= 0.3 is 6.03 Å². The Kier molecular flexibility index (Phi) is 4.88. The summed E-state index contributed by atoms with van der Waals surface area (Å²) in [5, 5.41) is 8.17. The van der Waals surface area contributed by atoms with Crippen molar-refractivity contribution in [1.82, 2.24) is 15.6 Å². The Morgan fingerprint density at radius 3 is 2.85 bits per heavy atom. The van der Waals surface area contributed by atoms with Gasteiger partial charge in [-0.05, 0) is 17.7 Å². The molecule has 27 heavy (non-hydrogen) atoms. The summed E-state index contributed by atoms with van der Waals surface area (Å²) in [5.74, 6) is 0.505. The summed E-state index contributed by atoms with van der Waals surface area (Å²) in [6.45, 7) is 1.20. The van der Waals surface area contributed by atoms with Gasteiger partial charge in [-0.25, -0.2) is 9.78 Å². The third-order valence-corrected chi connectivity index (χ3v) is 5.15. The van der Waals surface area contributed by atoms with Crippen LogP contribution >= 0.6 is 11.3 Å². The molecule has 0 saturated carbocycles. The maximum Gasteiger partial charge on any atom is 0.323 e. The van der Waals surface area contributed by atoms with Crippen molar-refractivity contribution in [2.45, 2.75) is 12.5 Å². The van der Waals surface area contributed by atoms with Gasteiger partial charge in [0.2, 0.25) is 5.91 Å². The molecule has 1 aromatic carbocycles. The van der Waals surface area contributed by atoms with Gasteiger partial charge in [0.15, 0.2) is 5.13 Å². The zero-order valence-electron chi connectivity index (χ0n) is 14.4. The predicted molar refractivity (Wildman–Crippen MR) is 102 cm³/mol. The Labute approximate surface area is 160 Å². The van der Waals surface area contributed by atoms with E-state index in [4.69, 9.17) is 4.42 Å². The molecule has 3 amide bonds. The van der Waals surface area contributed by atoms with Crippen LogP contribution in [0.3, 0.4) is 0 Å². The lowest BCUT2D eigenvalue weighted by Crippen LogP contribution is -2.30. The molecule has 7 nitrogen and oxygen atoms in total. The van der Waals surface area contributed by atoms with Crippen molar-refractivity contribution >= 4 is 28.4 Å². The molecule has 1 unspecified atom stereocenters. The fourth-order valence-corrected chi connectivity index (χ4v) is 3.80. The van der Waals surface area contributed by atoms with E-state index in [-0.39, 0.29) is 24.4 Å². The highest BCUT2D eigenvalue weighted by Crippen LogP contribution is 2.24. The van der Waals surface area contributed by atoms with E-state index in [9.17, 15) is 9.59 Å². The molecule has 8 heteroatoms. The van der Waals surface area contributed by atoms with Gasteiger partial charge in [-0.1, -0.05) is 30.3 Å². The fraction of sp³-hybridized carbons (Fsp3) is 0.211. The molecule has 1 aliphatic rings. The Morgan fingerprint density at radius 1 is 1.30 bits per heavy atom. The summed E-state index contributed by atoms with van der Waals surface area (Å²) >= 11 is 1.36. The van der Waals surface area contributed by atoms with E-state index in [1.54, 1.807) is 17.2 Å². The van der Waals surface area contributed by atoms with Crippen molar-refractivity contribution in [3.63, 3.8) is 0 Å². The number of carbonyl (C=O) groups excluding carboxylic acids is 2. The largest absolute Gasteiger partial charge is 0.467 e. The summed E-state index contributed by atoms with van der Waals surface area (Å²) < 4.78 is 5.51. The Balaban J connectivity index is 1.46.